The van der Waals surface area contributed by atoms with Gasteiger partial charge in [0, 0.05) is 11.6 Å². The second-order valence-electron chi connectivity index (χ2n) is 6.73. The number of fused-ring (bicyclic) bond motifs is 1. The van der Waals surface area contributed by atoms with Crippen LogP contribution >= 0.6 is 0 Å². The van der Waals surface area contributed by atoms with Crippen molar-refractivity contribution in [3.8, 4) is 0 Å². The molecule has 1 heteroatoms. The summed E-state index contributed by atoms with van der Waals surface area (Å²) in [6.45, 7) is 4.44. The summed E-state index contributed by atoms with van der Waals surface area (Å²) in [5, 5.41) is 3.75. The zero-order valence-corrected chi connectivity index (χ0v) is 14.4. The van der Waals surface area contributed by atoms with Crippen LogP contribution in [0.25, 0.3) is 5.57 Å². The number of hydrogen-bond acceptors (Lipinski definition) is 1. The van der Waals surface area contributed by atoms with Crippen LogP contribution in [0.15, 0.2) is 91.5 Å². The Hall–Kier alpha value is -2.80. The van der Waals surface area contributed by atoms with Gasteiger partial charge in [0.1, 0.15) is 0 Å². The average molecular weight is 325 g/mol. The zero-order chi connectivity index (χ0) is 17.1. The minimum absolute atomic E-state index is 0.287. The molecule has 0 bridgehead atoms. The van der Waals surface area contributed by atoms with Gasteiger partial charge in [-0.3, -0.25) is 0 Å². The van der Waals surface area contributed by atoms with Crippen molar-refractivity contribution < 1.29 is 0 Å². The van der Waals surface area contributed by atoms with Crippen LogP contribution < -0.4 is 5.32 Å². The van der Waals surface area contributed by atoms with Crippen LogP contribution in [0.3, 0.4) is 0 Å². The highest BCUT2D eigenvalue weighted by atomic mass is 14.9. The highest BCUT2D eigenvalue weighted by Crippen LogP contribution is 2.47. The molecule has 0 spiro atoms. The normalized spacial score (nSPS) is 18.8. The molecule has 0 heterocycles. The summed E-state index contributed by atoms with van der Waals surface area (Å²) in [5.41, 5.74) is 6.51. The smallest absolute Gasteiger partial charge is 0.0588 e. The van der Waals surface area contributed by atoms with E-state index in [0.717, 1.165) is 12.8 Å². The first-order chi connectivity index (χ1) is 12.3. The molecule has 25 heavy (non-hydrogen) atoms. The number of aryl methyl sites for hydroxylation is 1. The van der Waals surface area contributed by atoms with Crippen LogP contribution in [0.4, 0.5) is 5.69 Å². The molecular weight excluding hydrogens is 302 g/mol. The molecule has 4 rings (SSSR count). The van der Waals surface area contributed by atoms with E-state index in [1.54, 1.807) is 0 Å². The maximum absolute atomic E-state index is 4.44. The molecule has 1 N–H and O–H groups in total. The lowest BCUT2D eigenvalue weighted by atomic mass is 9.90. The third-order valence-corrected chi connectivity index (χ3v) is 5.17. The Kier molecular flexibility index (Phi) is 4.39. The van der Waals surface area contributed by atoms with Gasteiger partial charge >= 0.3 is 0 Å². The Labute approximate surface area is 150 Å². The van der Waals surface area contributed by atoms with Crippen LogP contribution in [-0.4, -0.2) is 0 Å². The first-order valence-electron chi connectivity index (χ1n) is 8.96. The van der Waals surface area contributed by atoms with Gasteiger partial charge < -0.3 is 5.32 Å². The lowest BCUT2D eigenvalue weighted by Crippen LogP contribution is -2.17. The molecule has 124 valence electrons. The van der Waals surface area contributed by atoms with Crippen LogP contribution in [-0.2, 0) is 6.42 Å². The summed E-state index contributed by atoms with van der Waals surface area (Å²) in [6.07, 6.45) is 2.17. The fraction of sp³-hybridized carbons (Fsp3) is 0.167. The van der Waals surface area contributed by atoms with E-state index in [2.05, 4.69) is 96.8 Å². The maximum atomic E-state index is 4.44. The fourth-order valence-electron chi connectivity index (χ4n) is 3.88. The monoisotopic (exact) mass is 325 g/mol. The minimum Gasteiger partial charge on any atom is -0.378 e. The van der Waals surface area contributed by atoms with Gasteiger partial charge in [0.15, 0.2) is 0 Å². The molecule has 1 aliphatic carbocycles. The van der Waals surface area contributed by atoms with E-state index < -0.39 is 0 Å². The number of para-hydroxylation sites is 1. The molecule has 0 aromatic heterocycles. The summed E-state index contributed by atoms with van der Waals surface area (Å²) >= 11 is 0. The Bertz CT molecular complexity index is 852. The number of anilines is 1. The predicted molar refractivity (Wildman–Crippen MR) is 107 cm³/mol. The summed E-state index contributed by atoms with van der Waals surface area (Å²) in [7, 11) is 0. The van der Waals surface area contributed by atoms with Crippen LogP contribution in [0.2, 0.25) is 0 Å². The third-order valence-electron chi connectivity index (χ3n) is 5.17. The molecule has 2 atom stereocenters. The molecule has 0 radical (unpaired) electrons. The fourth-order valence-corrected chi connectivity index (χ4v) is 3.88. The van der Waals surface area contributed by atoms with Crippen molar-refractivity contribution in [2.75, 3.05) is 5.32 Å². The zero-order valence-electron chi connectivity index (χ0n) is 14.4. The van der Waals surface area contributed by atoms with E-state index in [-0.39, 0.29) is 6.04 Å². The number of rotatable bonds is 5. The van der Waals surface area contributed by atoms with Gasteiger partial charge in [0.25, 0.3) is 0 Å². The van der Waals surface area contributed by atoms with Crippen molar-refractivity contribution in [1.82, 2.24) is 0 Å². The van der Waals surface area contributed by atoms with Gasteiger partial charge in [-0.1, -0.05) is 79.4 Å². The Balaban J connectivity index is 1.60. The molecule has 0 saturated heterocycles. The van der Waals surface area contributed by atoms with Crippen molar-refractivity contribution >= 4 is 11.3 Å². The van der Waals surface area contributed by atoms with Gasteiger partial charge in [0.05, 0.1) is 6.04 Å². The second-order valence-corrected chi connectivity index (χ2v) is 6.73. The molecule has 0 amide bonds. The first kappa shape index (κ1) is 15.7. The summed E-state index contributed by atoms with van der Waals surface area (Å²) in [6, 6.07) is 30.2. The standard InChI is InChI=1S/C24H23N/c1-18-21-14-8-9-15-23(21)24(25-20-12-6-3-7-13-20)22(18)17-16-19-10-4-2-5-11-19/h2-15,22,24-25H,1,16-17H2/t22-,24-/m0/s1. The van der Waals surface area contributed by atoms with Crippen LogP contribution in [0.1, 0.15) is 29.2 Å². The largest absolute Gasteiger partial charge is 0.378 e. The number of hydrogen-bond donors (Lipinski definition) is 1. The molecule has 0 aliphatic heterocycles. The third kappa shape index (κ3) is 3.23. The van der Waals surface area contributed by atoms with E-state index in [4.69, 9.17) is 0 Å². The quantitative estimate of drug-likeness (QED) is 0.596. The molecular formula is C24H23N. The summed E-state index contributed by atoms with van der Waals surface area (Å²) < 4.78 is 0. The van der Waals surface area contributed by atoms with Crippen molar-refractivity contribution in [3.63, 3.8) is 0 Å². The SMILES string of the molecule is C=C1c2ccccc2[C@@H](Nc2ccccc2)[C@H]1CCc1ccccc1. The molecule has 0 fully saturated rings. The molecule has 3 aromatic carbocycles. The van der Waals surface area contributed by atoms with Crippen molar-refractivity contribution in [3.05, 3.63) is 108 Å². The topological polar surface area (TPSA) is 12.0 Å². The van der Waals surface area contributed by atoms with E-state index in [1.165, 1.54) is 28.0 Å². The summed E-state index contributed by atoms with van der Waals surface area (Å²) in [5.74, 6) is 0.415. The highest BCUT2D eigenvalue weighted by Gasteiger charge is 2.34. The molecule has 1 nitrogen and oxygen atoms in total. The van der Waals surface area contributed by atoms with Crippen LogP contribution in [0.5, 0.6) is 0 Å². The molecule has 0 unspecified atom stereocenters. The van der Waals surface area contributed by atoms with E-state index in [0.29, 0.717) is 5.92 Å². The van der Waals surface area contributed by atoms with Gasteiger partial charge in [0.2, 0.25) is 0 Å². The van der Waals surface area contributed by atoms with Crippen molar-refractivity contribution in [2.24, 2.45) is 5.92 Å². The van der Waals surface area contributed by atoms with Gasteiger partial charge in [-0.25, -0.2) is 0 Å². The lowest BCUT2D eigenvalue weighted by Gasteiger charge is -2.24. The maximum Gasteiger partial charge on any atom is 0.0588 e. The summed E-state index contributed by atoms with van der Waals surface area (Å²) in [4.78, 5) is 0. The predicted octanol–water partition coefficient (Wildman–Crippen LogP) is 6.12. The highest BCUT2D eigenvalue weighted by molar-refractivity contribution is 5.75. The van der Waals surface area contributed by atoms with Gasteiger partial charge in [-0.15, -0.1) is 0 Å². The number of nitrogens with one attached hydrogen (secondary N) is 1. The lowest BCUT2D eigenvalue weighted by molar-refractivity contribution is 0.548. The van der Waals surface area contributed by atoms with E-state index in [1.807, 2.05) is 0 Å². The van der Waals surface area contributed by atoms with Gasteiger partial charge in [-0.2, -0.15) is 0 Å². The molecule has 1 aliphatic rings. The van der Waals surface area contributed by atoms with Crippen molar-refractivity contribution in [2.45, 2.75) is 18.9 Å². The molecule has 3 aromatic rings. The first-order valence-corrected chi connectivity index (χ1v) is 8.96. The Morgan fingerprint density at radius 1 is 0.760 bits per heavy atom. The van der Waals surface area contributed by atoms with E-state index in [9.17, 15) is 0 Å². The van der Waals surface area contributed by atoms with Crippen molar-refractivity contribution in [1.29, 1.82) is 0 Å². The minimum atomic E-state index is 0.287. The van der Waals surface area contributed by atoms with Gasteiger partial charge in [-0.05, 0) is 47.2 Å². The Morgan fingerprint density at radius 2 is 1.40 bits per heavy atom. The Morgan fingerprint density at radius 3 is 2.16 bits per heavy atom. The second kappa shape index (κ2) is 6.98. The molecule has 0 saturated carbocycles. The van der Waals surface area contributed by atoms with E-state index >= 15 is 0 Å². The van der Waals surface area contributed by atoms with Crippen LogP contribution in [0, 0.1) is 5.92 Å². The average Bonchev–Trinajstić information content (AvgIpc) is 2.94. The number of benzene rings is 3.